The molecule has 0 spiro atoms. The molecule has 2 aromatic rings. The Morgan fingerprint density at radius 3 is 1.97 bits per heavy atom. The van der Waals surface area contributed by atoms with Crippen LogP contribution in [0.4, 0.5) is 0 Å². The van der Waals surface area contributed by atoms with Crippen molar-refractivity contribution >= 4 is 23.6 Å². The van der Waals surface area contributed by atoms with Gasteiger partial charge >= 0.3 is 0 Å². The van der Waals surface area contributed by atoms with Crippen LogP contribution in [0.3, 0.4) is 0 Å². The quantitative estimate of drug-likeness (QED) is 0.435. The molecule has 3 atom stereocenters. The van der Waals surface area contributed by atoms with Crippen molar-refractivity contribution < 1.29 is 24.3 Å². The Kier molecular flexibility index (Phi) is 8.24. The first kappa shape index (κ1) is 24.8. The fourth-order valence-electron chi connectivity index (χ4n) is 3.72. The van der Waals surface area contributed by atoms with Gasteiger partial charge in [-0.05, 0) is 29.2 Å². The van der Waals surface area contributed by atoms with Crippen LogP contribution in [0.25, 0.3) is 0 Å². The van der Waals surface area contributed by atoms with Crippen molar-refractivity contribution in [2.45, 2.75) is 44.8 Å². The number of carbonyl (C=O) groups excluding carboxylic acids is 4. The average Bonchev–Trinajstić information content (AvgIpc) is 2.81. The van der Waals surface area contributed by atoms with Crippen LogP contribution in [0.2, 0.25) is 0 Å². The highest BCUT2D eigenvalue weighted by Crippen LogP contribution is 2.13. The second kappa shape index (κ2) is 11.3. The normalized spacial score (nSPS) is 22.0. The second-order valence-electron chi connectivity index (χ2n) is 8.69. The lowest BCUT2D eigenvalue weighted by Gasteiger charge is -2.28. The molecule has 180 valence electrons. The summed E-state index contributed by atoms with van der Waals surface area (Å²) in [6.07, 6.45) is 0.386. The van der Waals surface area contributed by atoms with Crippen molar-refractivity contribution in [3.8, 4) is 5.75 Å². The minimum Gasteiger partial charge on any atom is -0.508 e. The molecule has 0 radical (unpaired) electrons. The third kappa shape index (κ3) is 6.81. The fourth-order valence-corrected chi connectivity index (χ4v) is 3.72. The van der Waals surface area contributed by atoms with E-state index in [1.807, 2.05) is 30.3 Å². The van der Waals surface area contributed by atoms with Crippen molar-refractivity contribution in [1.82, 2.24) is 21.3 Å². The predicted molar refractivity (Wildman–Crippen MR) is 126 cm³/mol. The van der Waals surface area contributed by atoms with Gasteiger partial charge in [0.25, 0.3) is 0 Å². The Balaban J connectivity index is 1.83. The summed E-state index contributed by atoms with van der Waals surface area (Å²) < 4.78 is 0. The summed E-state index contributed by atoms with van der Waals surface area (Å²) in [7, 11) is 0. The van der Waals surface area contributed by atoms with Gasteiger partial charge in [-0.25, -0.2) is 0 Å². The molecule has 0 aliphatic carbocycles. The lowest BCUT2D eigenvalue weighted by molar-refractivity contribution is -0.136. The highest BCUT2D eigenvalue weighted by Gasteiger charge is 2.32. The van der Waals surface area contributed by atoms with Crippen molar-refractivity contribution in [1.29, 1.82) is 0 Å². The van der Waals surface area contributed by atoms with Crippen LogP contribution < -0.4 is 21.3 Å². The maximum atomic E-state index is 13.1. The van der Waals surface area contributed by atoms with E-state index in [9.17, 15) is 24.3 Å². The highest BCUT2D eigenvalue weighted by molar-refractivity contribution is 5.96. The van der Waals surface area contributed by atoms with E-state index >= 15 is 0 Å². The molecular weight excluding hydrogens is 436 g/mol. The zero-order chi connectivity index (χ0) is 24.7. The third-order valence-electron chi connectivity index (χ3n) is 5.61. The molecule has 3 rings (SSSR count). The molecule has 1 aliphatic rings. The van der Waals surface area contributed by atoms with Crippen molar-refractivity contribution in [2.75, 3.05) is 6.54 Å². The fraction of sp³-hybridized carbons (Fsp3) is 0.360. The van der Waals surface area contributed by atoms with Crippen LogP contribution in [0, 0.1) is 5.92 Å². The molecule has 1 fully saturated rings. The van der Waals surface area contributed by atoms with Gasteiger partial charge in [-0.15, -0.1) is 0 Å². The van der Waals surface area contributed by atoms with Gasteiger partial charge in [-0.3, -0.25) is 19.2 Å². The Morgan fingerprint density at radius 2 is 1.35 bits per heavy atom. The molecule has 0 saturated carbocycles. The van der Waals surface area contributed by atoms with Gasteiger partial charge in [0.1, 0.15) is 23.9 Å². The Hall–Kier alpha value is -3.88. The smallest absolute Gasteiger partial charge is 0.243 e. The number of hydrogen-bond acceptors (Lipinski definition) is 5. The number of rotatable bonds is 5. The summed E-state index contributed by atoms with van der Waals surface area (Å²) in [4.78, 5) is 51.6. The van der Waals surface area contributed by atoms with Gasteiger partial charge in [-0.2, -0.15) is 0 Å². The molecule has 0 aromatic heterocycles. The number of amides is 4. The monoisotopic (exact) mass is 466 g/mol. The topological polar surface area (TPSA) is 137 Å². The summed E-state index contributed by atoms with van der Waals surface area (Å²) in [6, 6.07) is 12.7. The number of benzene rings is 2. The Morgan fingerprint density at radius 1 is 0.765 bits per heavy atom. The standard InChI is InChI=1S/C25H30N4O5/c1-15(2)22-25(34)28-19(13-17-8-10-18(30)11-9-17)23(32)26-14-21(31)27-20(24(33)29-22)12-16-6-4-3-5-7-16/h3-11,15,19-20,22,30H,12-14H2,1-2H3,(H,26,32)(H,27,31)(H,28,34)(H,29,33)/t19-,20-,22-/m0/s1. The van der Waals surface area contributed by atoms with Gasteiger partial charge in [-0.1, -0.05) is 56.3 Å². The first-order valence-electron chi connectivity index (χ1n) is 11.2. The van der Waals surface area contributed by atoms with Crippen LogP contribution >= 0.6 is 0 Å². The minimum atomic E-state index is -0.970. The van der Waals surface area contributed by atoms with E-state index in [1.54, 1.807) is 26.0 Å². The first-order valence-corrected chi connectivity index (χ1v) is 11.2. The second-order valence-corrected chi connectivity index (χ2v) is 8.69. The Bertz CT molecular complexity index is 1020. The van der Waals surface area contributed by atoms with E-state index in [0.29, 0.717) is 5.56 Å². The molecule has 9 nitrogen and oxygen atoms in total. The summed E-state index contributed by atoms with van der Waals surface area (Å²) in [5.41, 5.74) is 1.56. The Labute approximate surface area is 198 Å². The van der Waals surface area contributed by atoms with Crippen LogP contribution in [0.5, 0.6) is 5.75 Å². The minimum absolute atomic E-state index is 0.0836. The van der Waals surface area contributed by atoms with E-state index < -0.39 is 41.8 Å². The predicted octanol–water partition coefficient (Wildman–Crippen LogP) is 0.418. The maximum Gasteiger partial charge on any atom is 0.243 e. The number of carbonyl (C=O) groups is 4. The highest BCUT2D eigenvalue weighted by atomic mass is 16.3. The summed E-state index contributed by atoms with van der Waals surface area (Å²) in [5, 5.41) is 20.2. The molecule has 1 heterocycles. The number of aromatic hydroxyl groups is 1. The number of phenolic OH excluding ortho intramolecular Hbond substituents is 1. The molecule has 4 amide bonds. The van der Waals surface area contributed by atoms with Gasteiger partial charge < -0.3 is 26.4 Å². The number of phenols is 1. The van der Waals surface area contributed by atoms with E-state index in [4.69, 9.17) is 0 Å². The van der Waals surface area contributed by atoms with Crippen LogP contribution in [-0.2, 0) is 32.0 Å². The summed E-state index contributed by atoms with van der Waals surface area (Å²) in [6.45, 7) is 3.24. The van der Waals surface area contributed by atoms with Gasteiger partial charge in [0, 0.05) is 12.8 Å². The number of hydrogen-bond donors (Lipinski definition) is 5. The van der Waals surface area contributed by atoms with Gasteiger partial charge in [0.05, 0.1) is 6.54 Å². The molecular formula is C25H30N4O5. The van der Waals surface area contributed by atoms with Gasteiger partial charge in [0.15, 0.2) is 0 Å². The lowest BCUT2D eigenvalue weighted by atomic mass is 9.99. The van der Waals surface area contributed by atoms with E-state index in [2.05, 4.69) is 21.3 Å². The van der Waals surface area contributed by atoms with Crippen molar-refractivity contribution in [3.05, 3.63) is 65.7 Å². The lowest BCUT2D eigenvalue weighted by Crippen LogP contribution is -2.61. The SMILES string of the molecule is CC(C)[C@@H]1NC(=O)[C@H](Cc2ccccc2)NC(=O)CNC(=O)[C@H](Cc2ccc(O)cc2)NC1=O. The molecule has 0 unspecified atom stereocenters. The van der Waals surface area contributed by atoms with Crippen LogP contribution in [0.15, 0.2) is 54.6 Å². The largest absolute Gasteiger partial charge is 0.508 e. The maximum absolute atomic E-state index is 13.1. The summed E-state index contributed by atoms with van der Waals surface area (Å²) in [5.74, 6) is -2.19. The molecule has 5 N–H and O–H groups in total. The summed E-state index contributed by atoms with van der Waals surface area (Å²) >= 11 is 0. The van der Waals surface area contributed by atoms with E-state index in [1.165, 1.54) is 12.1 Å². The number of nitrogens with one attached hydrogen (secondary N) is 4. The molecule has 2 aromatic carbocycles. The third-order valence-corrected chi connectivity index (χ3v) is 5.61. The van der Waals surface area contributed by atoms with Crippen molar-refractivity contribution in [3.63, 3.8) is 0 Å². The first-order chi connectivity index (χ1) is 16.2. The van der Waals surface area contributed by atoms with Crippen LogP contribution in [0.1, 0.15) is 25.0 Å². The molecule has 1 saturated heterocycles. The molecule has 1 aliphatic heterocycles. The van der Waals surface area contributed by atoms with E-state index in [0.717, 1.165) is 5.56 Å². The van der Waals surface area contributed by atoms with Gasteiger partial charge in [0.2, 0.25) is 23.6 Å². The molecule has 9 heteroatoms. The average molecular weight is 467 g/mol. The zero-order valence-electron chi connectivity index (χ0n) is 19.2. The molecule has 34 heavy (non-hydrogen) atoms. The van der Waals surface area contributed by atoms with Crippen LogP contribution in [-0.4, -0.2) is 53.4 Å². The van der Waals surface area contributed by atoms with Crippen molar-refractivity contribution in [2.24, 2.45) is 5.92 Å². The zero-order valence-corrected chi connectivity index (χ0v) is 19.2. The molecule has 0 bridgehead atoms. The van der Waals surface area contributed by atoms with E-state index in [-0.39, 0.29) is 31.1 Å².